The Morgan fingerprint density at radius 1 is 1.43 bits per heavy atom. The van der Waals surface area contributed by atoms with E-state index in [4.69, 9.17) is 0 Å². The average Bonchev–Trinajstić information content (AvgIpc) is 2.73. The van der Waals surface area contributed by atoms with E-state index in [1.807, 2.05) is 19.1 Å². The maximum atomic E-state index is 12.6. The van der Waals surface area contributed by atoms with Gasteiger partial charge >= 0.3 is 0 Å². The van der Waals surface area contributed by atoms with E-state index in [0.717, 1.165) is 29.8 Å². The fraction of sp³-hybridized carbons (Fsp3) is 0.444. The third kappa shape index (κ3) is 1.96. The van der Waals surface area contributed by atoms with Crippen molar-refractivity contribution >= 4 is 23.1 Å². The zero-order valence-corrected chi connectivity index (χ0v) is 13.6. The summed E-state index contributed by atoms with van der Waals surface area (Å²) >= 11 is 0. The molecule has 23 heavy (non-hydrogen) atoms. The van der Waals surface area contributed by atoms with Crippen molar-refractivity contribution in [3.8, 4) is 0 Å². The Kier molecular flexibility index (Phi) is 2.94. The van der Waals surface area contributed by atoms with Gasteiger partial charge in [0, 0.05) is 25.2 Å². The summed E-state index contributed by atoms with van der Waals surface area (Å²) in [5.41, 5.74) is 3.94. The van der Waals surface area contributed by atoms with Crippen LogP contribution in [0.4, 0.5) is 5.69 Å². The van der Waals surface area contributed by atoms with Crippen LogP contribution in [0.25, 0.3) is 5.57 Å². The average molecular weight is 311 g/mol. The van der Waals surface area contributed by atoms with Gasteiger partial charge in [0.1, 0.15) is 0 Å². The number of anilines is 1. The van der Waals surface area contributed by atoms with Crippen molar-refractivity contribution in [1.82, 2.24) is 10.2 Å². The summed E-state index contributed by atoms with van der Waals surface area (Å²) in [4.78, 5) is 26.2. The molecule has 0 saturated carbocycles. The van der Waals surface area contributed by atoms with Crippen LogP contribution in [0.5, 0.6) is 0 Å². The number of benzene rings is 1. The Morgan fingerprint density at radius 3 is 2.96 bits per heavy atom. The fourth-order valence-corrected chi connectivity index (χ4v) is 4.39. The lowest BCUT2D eigenvalue weighted by molar-refractivity contribution is -0.121. The number of rotatable bonds is 1. The molecule has 3 atom stereocenters. The van der Waals surface area contributed by atoms with Gasteiger partial charge in [0.25, 0.3) is 0 Å². The zero-order chi connectivity index (χ0) is 16.4. The second-order valence-electron chi connectivity index (χ2n) is 7.10. The van der Waals surface area contributed by atoms with Crippen LogP contribution in [-0.4, -0.2) is 42.4 Å². The largest absolute Gasteiger partial charge is 0.349 e. The van der Waals surface area contributed by atoms with Gasteiger partial charge in [-0.15, -0.1) is 0 Å². The monoisotopic (exact) mass is 311 g/mol. The molecule has 3 aliphatic rings. The SMILES string of the molecule is CC(=O)N[C@H]1C=C2c3cccc4c3[C@](C)(C[C@H]2N(C)C1)C(=O)N4. The summed E-state index contributed by atoms with van der Waals surface area (Å²) in [5, 5.41) is 6.03. The summed E-state index contributed by atoms with van der Waals surface area (Å²) in [6.45, 7) is 4.36. The van der Waals surface area contributed by atoms with Gasteiger partial charge in [-0.25, -0.2) is 0 Å². The Hall–Kier alpha value is -2.14. The first-order valence-corrected chi connectivity index (χ1v) is 8.04. The van der Waals surface area contributed by atoms with E-state index in [-0.39, 0.29) is 23.9 Å². The minimum absolute atomic E-state index is 0.00836. The van der Waals surface area contributed by atoms with Crippen LogP contribution in [0.2, 0.25) is 0 Å². The van der Waals surface area contributed by atoms with Crippen molar-refractivity contribution < 1.29 is 9.59 Å². The van der Waals surface area contributed by atoms with E-state index in [1.54, 1.807) is 6.92 Å². The number of likely N-dealkylation sites (N-methyl/N-ethyl adjacent to an activating group) is 1. The number of amides is 2. The number of nitrogens with zero attached hydrogens (tertiary/aromatic N) is 1. The van der Waals surface area contributed by atoms with Gasteiger partial charge in [0.15, 0.2) is 0 Å². The Morgan fingerprint density at radius 2 is 2.22 bits per heavy atom. The second kappa shape index (κ2) is 4.68. The third-order valence-corrected chi connectivity index (χ3v) is 5.42. The number of carbonyl (C=O) groups excluding carboxylic acids is 2. The predicted molar refractivity (Wildman–Crippen MR) is 89.0 cm³/mol. The van der Waals surface area contributed by atoms with Gasteiger partial charge in [-0.1, -0.05) is 18.2 Å². The lowest BCUT2D eigenvalue weighted by Gasteiger charge is -2.45. The van der Waals surface area contributed by atoms with Gasteiger partial charge in [-0.3, -0.25) is 14.5 Å². The molecule has 1 aromatic carbocycles. The lowest BCUT2D eigenvalue weighted by atomic mass is 9.67. The van der Waals surface area contributed by atoms with Crippen molar-refractivity contribution in [2.45, 2.75) is 37.8 Å². The molecule has 0 bridgehead atoms. The molecule has 0 aromatic heterocycles. The van der Waals surface area contributed by atoms with Gasteiger partial charge in [-0.05, 0) is 43.2 Å². The molecular weight excluding hydrogens is 290 g/mol. The van der Waals surface area contributed by atoms with Crippen molar-refractivity contribution in [3.63, 3.8) is 0 Å². The highest BCUT2D eigenvalue weighted by Gasteiger charge is 2.51. The molecule has 0 unspecified atom stereocenters. The first-order chi connectivity index (χ1) is 10.9. The number of hydrogen-bond donors (Lipinski definition) is 2. The molecule has 4 rings (SSSR count). The van der Waals surface area contributed by atoms with Gasteiger partial charge in [0.2, 0.25) is 11.8 Å². The zero-order valence-electron chi connectivity index (χ0n) is 13.6. The van der Waals surface area contributed by atoms with Gasteiger partial charge in [0.05, 0.1) is 11.5 Å². The van der Waals surface area contributed by atoms with E-state index in [0.29, 0.717) is 0 Å². The van der Waals surface area contributed by atoms with E-state index in [9.17, 15) is 9.59 Å². The van der Waals surface area contributed by atoms with E-state index < -0.39 is 5.41 Å². The molecule has 2 aliphatic heterocycles. The van der Waals surface area contributed by atoms with E-state index in [1.165, 1.54) is 5.57 Å². The summed E-state index contributed by atoms with van der Waals surface area (Å²) in [7, 11) is 2.07. The topological polar surface area (TPSA) is 61.4 Å². The fourth-order valence-electron chi connectivity index (χ4n) is 4.39. The van der Waals surface area contributed by atoms with Crippen LogP contribution in [0.15, 0.2) is 24.3 Å². The van der Waals surface area contributed by atoms with Gasteiger partial charge in [-0.2, -0.15) is 0 Å². The first kappa shape index (κ1) is 14.5. The van der Waals surface area contributed by atoms with Crippen LogP contribution in [0.1, 0.15) is 31.4 Å². The second-order valence-corrected chi connectivity index (χ2v) is 7.10. The molecule has 0 spiro atoms. The number of hydrogen-bond acceptors (Lipinski definition) is 3. The Bertz CT molecular complexity index is 755. The molecule has 2 N–H and O–H groups in total. The molecule has 120 valence electrons. The molecule has 5 heteroatoms. The highest BCUT2D eigenvalue weighted by atomic mass is 16.2. The summed E-state index contributed by atoms with van der Waals surface area (Å²) in [5.74, 6) is 0.0749. The highest BCUT2D eigenvalue weighted by molar-refractivity contribution is 6.09. The molecule has 0 fully saturated rings. The number of nitrogens with one attached hydrogen (secondary N) is 2. The molecule has 1 aliphatic carbocycles. The number of fused-ring (bicyclic) bond motifs is 2. The van der Waals surface area contributed by atoms with Crippen molar-refractivity contribution in [2.75, 3.05) is 18.9 Å². The van der Waals surface area contributed by atoms with Crippen LogP contribution >= 0.6 is 0 Å². The summed E-state index contributed by atoms with van der Waals surface area (Å²) < 4.78 is 0. The smallest absolute Gasteiger partial charge is 0.234 e. The molecule has 0 saturated heterocycles. The van der Waals surface area contributed by atoms with Crippen LogP contribution in [0.3, 0.4) is 0 Å². The maximum absolute atomic E-state index is 12.6. The number of carbonyl (C=O) groups is 2. The molecule has 1 aromatic rings. The predicted octanol–water partition coefficient (Wildman–Crippen LogP) is 1.50. The van der Waals surface area contributed by atoms with Crippen molar-refractivity contribution in [2.24, 2.45) is 0 Å². The van der Waals surface area contributed by atoms with Crippen LogP contribution in [0, 0.1) is 0 Å². The molecule has 5 nitrogen and oxygen atoms in total. The normalized spacial score (nSPS) is 31.8. The van der Waals surface area contributed by atoms with Crippen molar-refractivity contribution in [3.05, 3.63) is 35.4 Å². The Labute approximate surface area is 135 Å². The summed E-state index contributed by atoms with van der Waals surface area (Å²) in [6.07, 6.45) is 2.95. The van der Waals surface area contributed by atoms with Gasteiger partial charge < -0.3 is 10.6 Å². The molecule has 2 heterocycles. The minimum Gasteiger partial charge on any atom is -0.349 e. The standard InChI is InChI=1S/C18H21N3O2/c1-10(22)19-11-7-13-12-5-4-6-14-16(12)18(2,17(23)20-14)8-15(13)21(3)9-11/h4-7,11,15H,8-9H2,1-3H3,(H,19,22)(H,20,23)/t11-,15+,18-/m0/s1. The summed E-state index contributed by atoms with van der Waals surface area (Å²) in [6, 6.07) is 6.27. The van der Waals surface area contributed by atoms with Crippen molar-refractivity contribution in [1.29, 1.82) is 0 Å². The quantitative estimate of drug-likeness (QED) is 0.826. The maximum Gasteiger partial charge on any atom is 0.234 e. The first-order valence-electron chi connectivity index (χ1n) is 8.04. The highest BCUT2D eigenvalue weighted by Crippen LogP contribution is 2.51. The lowest BCUT2D eigenvalue weighted by Crippen LogP contribution is -2.52. The van der Waals surface area contributed by atoms with E-state index >= 15 is 0 Å². The third-order valence-electron chi connectivity index (χ3n) is 5.42. The molecule has 0 radical (unpaired) electrons. The molecule has 2 amide bonds. The van der Waals surface area contributed by atoms with E-state index in [2.05, 4.69) is 34.7 Å². The molecular formula is C18H21N3O2. The minimum atomic E-state index is -0.469. The Balaban J connectivity index is 1.88. The van der Waals surface area contributed by atoms with Crippen LogP contribution in [-0.2, 0) is 15.0 Å². The van der Waals surface area contributed by atoms with Crippen LogP contribution < -0.4 is 10.6 Å².